The molecule has 1 aromatic heterocycles. The molecule has 4 nitrogen and oxygen atoms in total. The monoisotopic (exact) mass is 258 g/mol. The lowest BCUT2D eigenvalue weighted by Crippen LogP contribution is -1.98. The lowest BCUT2D eigenvalue weighted by atomic mass is 10.1. The fourth-order valence-electron chi connectivity index (χ4n) is 1.74. The predicted octanol–water partition coefficient (Wildman–Crippen LogP) is 3.47. The molecule has 2 rings (SSSR count). The number of pyridine rings is 1. The van der Waals surface area contributed by atoms with Crippen molar-refractivity contribution in [1.82, 2.24) is 4.98 Å². The summed E-state index contributed by atoms with van der Waals surface area (Å²) < 4.78 is 11.3. The molecule has 0 unspecified atom stereocenters. The van der Waals surface area contributed by atoms with E-state index in [2.05, 4.69) is 4.98 Å². The smallest absolute Gasteiger partial charge is 0.262 e. The van der Waals surface area contributed by atoms with Crippen molar-refractivity contribution in [3.8, 4) is 17.4 Å². The summed E-state index contributed by atoms with van der Waals surface area (Å²) in [5.74, 6) is 1.85. The maximum absolute atomic E-state index is 5.86. The molecule has 100 valence electrons. The zero-order valence-corrected chi connectivity index (χ0v) is 11.4. The van der Waals surface area contributed by atoms with Crippen LogP contribution in [0.5, 0.6) is 17.4 Å². The highest BCUT2D eigenvalue weighted by Gasteiger charge is 2.10. The van der Waals surface area contributed by atoms with E-state index in [0.717, 1.165) is 22.6 Å². The second-order valence-corrected chi connectivity index (χ2v) is 4.32. The van der Waals surface area contributed by atoms with E-state index in [1.54, 1.807) is 6.20 Å². The highest BCUT2D eigenvalue weighted by molar-refractivity contribution is 5.54. The van der Waals surface area contributed by atoms with Gasteiger partial charge in [0.05, 0.1) is 6.61 Å². The van der Waals surface area contributed by atoms with E-state index in [0.29, 0.717) is 18.2 Å². The van der Waals surface area contributed by atoms with E-state index in [1.807, 2.05) is 45.0 Å². The number of nitrogens with two attached hydrogens (primary N) is 1. The van der Waals surface area contributed by atoms with E-state index in [9.17, 15) is 0 Å². The standard InChI is InChI=1S/C15H18N2O2/c1-4-18-13-6-5-7-17-15(13)19-14-9-10(2)12(16)8-11(14)3/h5-9H,4,16H2,1-3H3. The van der Waals surface area contributed by atoms with Crippen molar-refractivity contribution in [2.24, 2.45) is 0 Å². The van der Waals surface area contributed by atoms with Gasteiger partial charge in [0.25, 0.3) is 5.88 Å². The molecule has 0 bridgehead atoms. The first-order valence-corrected chi connectivity index (χ1v) is 6.24. The van der Waals surface area contributed by atoms with Crippen LogP contribution in [0.3, 0.4) is 0 Å². The summed E-state index contributed by atoms with van der Waals surface area (Å²) >= 11 is 0. The normalized spacial score (nSPS) is 10.3. The minimum Gasteiger partial charge on any atom is -0.488 e. The lowest BCUT2D eigenvalue weighted by molar-refractivity contribution is 0.316. The Bertz CT molecular complexity index is 582. The number of anilines is 1. The van der Waals surface area contributed by atoms with Gasteiger partial charge in [-0.1, -0.05) is 0 Å². The first-order chi connectivity index (χ1) is 9.11. The van der Waals surface area contributed by atoms with Gasteiger partial charge < -0.3 is 15.2 Å². The average Bonchev–Trinajstić information content (AvgIpc) is 2.38. The van der Waals surface area contributed by atoms with Crippen LogP contribution in [-0.2, 0) is 0 Å². The van der Waals surface area contributed by atoms with Crippen molar-refractivity contribution in [2.75, 3.05) is 12.3 Å². The summed E-state index contributed by atoms with van der Waals surface area (Å²) in [4.78, 5) is 4.21. The van der Waals surface area contributed by atoms with Crippen LogP contribution in [-0.4, -0.2) is 11.6 Å². The average molecular weight is 258 g/mol. The molecule has 0 aliphatic heterocycles. The van der Waals surface area contributed by atoms with Gasteiger partial charge in [0.1, 0.15) is 5.75 Å². The number of hydrogen-bond donors (Lipinski definition) is 1. The minimum atomic E-state index is 0.469. The number of nitrogen functional groups attached to an aromatic ring is 1. The van der Waals surface area contributed by atoms with Gasteiger partial charge in [-0.15, -0.1) is 0 Å². The molecule has 0 saturated heterocycles. The van der Waals surface area contributed by atoms with Crippen LogP contribution in [0.15, 0.2) is 30.5 Å². The van der Waals surface area contributed by atoms with Gasteiger partial charge in [-0.25, -0.2) is 4.98 Å². The Labute approximate surface area is 113 Å². The maximum Gasteiger partial charge on any atom is 0.262 e. The van der Waals surface area contributed by atoms with Crippen LogP contribution in [0.25, 0.3) is 0 Å². The third-order valence-electron chi connectivity index (χ3n) is 2.81. The second kappa shape index (κ2) is 5.61. The Kier molecular flexibility index (Phi) is 3.90. The van der Waals surface area contributed by atoms with Crippen LogP contribution >= 0.6 is 0 Å². The zero-order valence-electron chi connectivity index (χ0n) is 11.4. The first kappa shape index (κ1) is 13.2. The molecule has 0 saturated carbocycles. The van der Waals surface area contributed by atoms with Crippen LogP contribution in [0.4, 0.5) is 5.69 Å². The van der Waals surface area contributed by atoms with Crippen LogP contribution < -0.4 is 15.2 Å². The van der Waals surface area contributed by atoms with Gasteiger partial charge in [0.15, 0.2) is 5.75 Å². The Morgan fingerprint density at radius 3 is 2.68 bits per heavy atom. The van der Waals surface area contributed by atoms with E-state index < -0.39 is 0 Å². The van der Waals surface area contributed by atoms with Crippen molar-refractivity contribution >= 4 is 5.69 Å². The summed E-state index contributed by atoms with van der Waals surface area (Å²) in [6.07, 6.45) is 1.68. The minimum absolute atomic E-state index is 0.469. The van der Waals surface area contributed by atoms with Gasteiger partial charge in [0, 0.05) is 11.9 Å². The number of ether oxygens (including phenoxy) is 2. The van der Waals surface area contributed by atoms with Crippen molar-refractivity contribution in [1.29, 1.82) is 0 Å². The molecule has 1 aromatic carbocycles. The Hall–Kier alpha value is -2.23. The SMILES string of the molecule is CCOc1cccnc1Oc1cc(C)c(N)cc1C. The quantitative estimate of drug-likeness (QED) is 0.853. The van der Waals surface area contributed by atoms with Gasteiger partial charge in [0.2, 0.25) is 0 Å². The molecule has 0 amide bonds. The van der Waals surface area contributed by atoms with Crippen molar-refractivity contribution in [3.63, 3.8) is 0 Å². The zero-order chi connectivity index (χ0) is 13.8. The van der Waals surface area contributed by atoms with Gasteiger partial charge in [-0.2, -0.15) is 0 Å². The number of hydrogen-bond acceptors (Lipinski definition) is 4. The molecule has 2 aromatic rings. The number of nitrogens with zero attached hydrogens (tertiary/aromatic N) is 1. The Morgan fingerprint density at radius 1 is 1.16 bits per heavy atom. The molecule has 0 atom stereocenters. The lowest BCUT2D eigenvalue weighted by Gasteiger charge is -2.13. The molecule has 0 aliphatic carbocycles. The third kappa shape index (κ3) is 2.96. The van der Waals surface area contributed by atoms with Gasteiger partial charge in [-0.05, 0) is 56.2 Å². The maximum atomic E-state index is 5.86. The Morgan fingerprint density at radius 2 is 1.95 bits per heavy atom. The summed E-state index contributed by atoms with van der Waals surface area (Å²) in [5, 5.41) is 0. The molecule has 0 aliphatic rings. The van der Waals surface area contributed by atoms with Crippen molar-refractivity contribution in [3.05, 3.63) is 41.6 Å². The summed E-state index contributed by atoms with van der Waals surface area (Å²) in [7, 11) is 0. The molecule has 0 spiro atoms. The van der Waals surface area contributed by atoms with Crippen LogP contribution in [0.1, 0.15) is 18.1 Å². The Balaban J connectivity index is 2.33. The molecular formula is C15H18N2O2. The van der Waals surface area contributed by atoms with E-state index in [1.165, 1.54) is 0 Å². The second-order valence-electron chi connectivity index (χ2n) is 4.32. The third-order valence-corrected chi connectivity index (χ3v) is 2.81. The number of aryl methyl sites for hydroxylation is 2. The van der Waals surface area contributed by atoms with Crippen molar-refractivity contribution < 1.29 is 9.47 Å². The summed E-state index contributed by atoms with van der Waals surface area (Å²) in [5.41, 5.74) is 8.57. The fourth-order valence-corrected chi connectivity index (χ4v) is 1.74. The molecule has 0 radical (unpaired) electrons. The molecule has 2 N–H and O–H groups in total. The molecule has 0 fully saturated rings. The summed E-state index contributed by atoms with van der Waals surface area (Å²) in [6, 6.07) is 7.47. The predicted molar refractivity (Wildman–Crippen MR) is 75.8 cm³/mol. The van der Waals surface area contributed by atoms with Gasteiger partial charge in [-0.3, -0.25) is 0 Å². The number of aromatic nitrogens is 1. The van der Waals surface area contributed by atoms with Crippen LogP contribution in [0, 0.1) is 13.8 Å². The van der Waals surface area contributed by atoms with E-state index in [-0.39, 0.29) is 0 Å². The highest BCUT2D eigenvalue weighted by atomic mass is 16.5. The number of benzene rings is 1. The molecule has 4 heteroatoms. The van der Waals surface area contributed by atoms with Crippen molar-refractivity contribution in [2.45, 2.75) is 20.8 Å². The van der Waals surface area contributed by atoms with Crippen LogP contribution in [0.2, 0.25) is 0 Å². The molecule has 19 heavy (non-hydrogen) atoms. The molecular weight excluding hydrogens is 240 g/mol. The molecule has 1 heterocycles. The highest BCUT2D eigenvalue weighted by Crippen LogP contribution is 2.32. The van der Waals surface area contributed by atoms with Gasteiger partial charge >= 0.3 is 0 Å². The largest absolute Gasteiger partial charge is 0.488 e. The summed E-state index contributed by atoms with van der Waals surface area (Å²) in [6.45, 7) is 6.40. The fraction of sp³-hybridized carbons (Fsp3) is 0.267. The first-order valence-electron chi connectivity index (χ1n) is 6.24. The van der Waals surface area contributed by atoms with E-state index >= 15 is 0 Å². The topological polar surface area (TPSA) is 57.4 Å². The number of rotatable bonds is 4. The van der Waals surface area contributed by atoms with E-state index in [4.69, 9.17) is 15.2 Å².